The van der Waals surface area contributed by atoms with Gasteiger partial charge >= 0.3 is 7.60 Å². The molecule has 0 radical (unpaired) electrons. The summed E-state index contributed by atoms with van der Waals surface area (Å²) < 4.78 is 11.1. The molecule has 1 aromatic heterocycles. The van der Waals surface area contributed by atoms with Crippen molar-refractivity contribution < 1.29 is 29.4 Å². The molecule has 0 unspecified atom stereocenters. The Balaban J connectivity index is 1.76. The molecule has 0 aliphatic heterocycles. The number of aromatic hydroxyl groups is 2. The molecule has 0 aliphatic rings. The summed E-state index contributed by atoms with van der Waals surface area (Å²) in [7, 11) is -4.36. The van der Waals surface area contributed by atoms with E-state index in [0.717, 1.165) is 11.3 Å². The first-order valence-corrected chi connectivity index (χ1v) is 9.68. The van der Waals surface area contributed by atoms with E-state index in [0.29, 0.717) is 11.3 Å². The number of rotatable bonds is 4. The molecule has 0 saturated carbocycles. The predicted octanol–water partition coefficient (Wildman–Crippen LogP) is 2.28. The summed E-state index contributed by atoms with van der Waals surface area (Å²) in [5.41, 5.74) is 1.05. The van der Waals surface area contributed by atoms with Crippen LogP contribution in [-0.4, -0.2) is 30.9 Å². The van der Waals surface area contributed by atoms with Gasteiger partial charge in [0.1, 0.15) is 11.5 Å². The summed E-state index contributed by atoms with van der Waals surface area (Å²) in [6.07, 6.45) is 0. The second-order valence-electron chi connectivity index (χ2n) is 5.28. The Morgan fingerprint density at radius 3 is 2.38 bits per heavy atom. The van der Waals surface area contributed by atoms with Gasteiger partial charge in [-0.2, -0.15) is 0 Å². The number of benzene rings is 2. The van der Waals surface area contributed by atoms with Crippen LogP contribution in [0.1, 0.15) is 10.4 Å². The van der Waals surface area contributed by atoms with Gasteiger partial charge < -0.3 is 20.0 Å². The second-order valence-corrected chi connectivity index (χ2v) is 7.75. The van der Waals surface area contributed by atoms with E-state index >= 15 is 0 Å². The monoisotopic (exact) mass is 392 g/mol. The molecule has 3 rings (SSSR count). The third-order valence-electron chi connectivity index (χ3n) is 3.45. The average Bonchev–Trinajstić information content (AvgIpc) is 3.02. The Morgan fingerprint density at radius 1 is 1.08 bits per heavy atom. The maximum atomic E-state index is 12.2. The minimum absolute atomic E-state index is 0.0752. The zero-order chi connectivity index (χ0) is 18.9. The van der Waals surface area contributed by atoms with Crippen molar-refractivity contribution in [2.24, 2.45) is 0 Å². The lowest BCUT2D eigenvalue weighted by Crippen LogP contribution is -2.13. The van der Waals surface area contributed by atoms with Crippen LogP contribution >= 0.6 is 18.9 Å². The van der Waals surface area contributed by atoms with E-state index in [1.54, 1.807) is 5.38 Å². The standard InChI is InChI=1S/C16H13N2O6PS/c19-10-3-6-12(14(20)7-10)13-8-26-16(17-13)18-15(21)9-1-4-11(5-2-9)25(22,23)24/h1-8,19-20H,(H,17,18,21)(H2,22,23,24). The lowest BCUT2D eigenvalue weighted by Gasteiger charge is -2.05. The van der Waals surface area contributed by atoms with Crippen LogP contribution in [0.15, 0.2) is 47.8 Å². The Kier molecular flexibility index (Phi) is 4.80. The maximum absolute atomic E-state index is 12.2. The Bertz CT molecular complexity index is 1010. The molecular formula is C16H13N2O6PS. The lowest BCUT2D eigenvalue weighted by atomic mass is 10.1. The van der Waals surface area contributed by atoms with Crippen LogP contribution in [0.5, 0.6) is 11.5 Å². The molecule has 2 aromatic carbocycles. The van der Waals surface area contributed by atoms with Crippen LogP contribution in [0.4, 0.5) is 5.13 Å². The van der Waals surface area contributed by atoms with Crippen molar-refractivity contribution in [1.82, 2.24) is 4.98 Å². The highest BCUT2D eigenvalue weighted by atomic mass is 32.1. The number of phenolic OH excluding ortho intramolecular Hbond substituents is 2. The number of nitrogens with zero attached hydrogens (tertiary/aromatic N) is 1. The molecule has 0 spiro atoms. The van der Waals surface area contributed by atoms with Crippen LogP contribution in [0.3, 0.4) is 0 Å². The molecule has 1 heterocycles. The van der Waals surface area contributed by atoms with E-state index in [4.69, 9.17) is 9.79 Å². The van der Waals surface area contributed by atoms with Gasteiger partial charge in [-0.25, -0.2) is 4.98 Å². The number of carbonyl (C=O) groups excluding carboxylic acids is 1. The van der Waals surface area contributed by atoms with Crippen LogP contribution in [0.2, 0.25) is 0 Å². The fourth-order valence-electron chi connectivity index (χ4n) is 2.17. The van der Waals surface area contributed by atoms with E-state index < -0.39 is 13.5 Å². The molecule has 1 amide bonds. The van der Waals surface area contributed by atoms with Crippen molar-refractivity contribution in [2.75, 3.05) is 5.32 Å². The van der Waals surface area contributed by atoms with Gasteiger partial charge in [-0.15, -0.1) is 11.3 Å². The number of amides is 1. The highest BCUT2D eigenvalue weighted by Crippen LogP contribution is 2.34. The summed E-state index contributed by atoms with van der Waals surface area (Å²) >= 11 is 1.15. The smallest absolute Gasteiger partial charge is 0.356 e. The minimum atomic E-state index is -4.36. The van der Waals surface area contributed by atoms with Crippen LogP contribution < -0.4 is 10.6 Å². The molecule has 0 bridgehead atoms. The fourth-order valence-corrected chi connectivity index (χ4v) is 3.41. The Hall–Kier alpha value is -2.71. The highest BCUT2D eigenvalue weighted by molar-refractivity contribution is 7.60. The number of thiazole rings is 1. The summed E-state index contributed by atoms with van der Waals surface area (Å²) in [4.78, 5) is 34.6. The second kappa shape index (κ2) is 6.89. The normalized spacial score (nSPS) is 11.3. The number of hydrogen-bond acceptors (Lipinski definition) is 6. The molecule has 134 valence electrons. The lowest BCUT2D eigenvalue weighted by molar-refractivity contribution is 0.102. The van der Waals surface area contributed by atoms with Crippen molar-refractivity contribution in [1.29, 1.82) is 0 Å². The van der Waals surface area contributed by atoms with Crippen LogP contribution in [-0.2, 0) is 4.57 Å². The van der Waals surface area contributed by atoms with Gasteiger partial charge in [0.15, 0.2) is 5.13 Å². The molecule has 26 heavy (non-hydrogen) atoms. The van der Waals surface area contributed by atoms with Crippen LogP contribution in [0.25, 0.3) is 11.3 Å². The SMILES string of the molecule is O=C(Nc1nc(-c2ccc(O)cc2O)cs1)c1ccc(P(=O)(O)O)cc1. The number of anilines is 1. The van der Waals surface area contributed by atoms with E-state index in [2.05, 4.69) is 10.3 Å². The third-order valence-corrected chi connectivity index (χ3v) is 5.18. The van der Waals surface area contributed by atoms with Crippen molar-refractivity contribution in [3.8, 4) is 22.8 Å². The van der Waals surface area contributed by atoms with Crippen molar-refractivity contribution in [3.05, 3.63) is 53.4 Å². The maximum Gasteiger partial charge on any atom is 0.356 e. The van der Waals surface area contributed by atoms with Crippen molar-refractivity contribution in [3.63, 3.8) is 0 Å². The van der Waals surface area contributed by atoms with Gasteiger partial charge in [-0.3, -0.25) is 14.7 Å². The zero-order valence-electron chi connectivity index (χ0n) is 13.0. The quantitative estimate of drug-likeness (QED) is 0.429. The molecule has 8 nitrogen and oxygen atoms in total. The summed E-state index contributed by atoms with van der Waals surface area (Å²) in [5, 5.41) is 23.5. The van der Waals surface area contributed by atoms with Gasteiger partial charge in [0, 0.05) is 22.6 Å². The average molecular weight is 392 g/mol. The summed E-state index contributed by atoms with van der Waals surface area (Å²) in [6.45, 7) is 0. The molecule has 10 heteroatoms. The topological polar surface area (TPSA) is 140 Å². The first-order chi connectivity index (χ1) is 12.2. The van der Waals surface area contributed by atoms with E-state index in [9.17, 15) is 19.6 Å². The van der Waals surface area contributed by atoms with Crippen molar-refractivity contribution in [2.45, 2.75) is 0 Å². The Labute approximate surface area is 151 Å². The molecule has 0 fully saturated rings. The van der Waals surface area contributed by atoms with E-state index in [1.165, 1.54) is 42.5 Å². The van der Waals surface area contributed by atoms with E-state index in [1.807, 2.05) is 0 Å². The number of nitrogens with one attached hydrogen (secondary N) is 1. The number of phenols is 2. The predicted molar refractivity (Wildman–Crippen MR) is 97.0 cm³/mol. The third kappa shape index (κ3) is 3.92. The molecule has 0 atom stereocenters. The van der Waals surface area contributed by atoms with E-state index in [-0.39, 0.29) is 27.5 Å². The molecule has 0 saturated heterocycles. The molecule has 3 aromatic rings. The minimum Gasteiger partial charge on any atom is -0.508 e. The van der Waals surface area contributed by atoms with Crippen LogP contribution in [0, 0.1) is 0 Å². The molecule has 5 N–H and O–H groups in total. The summed E-state index contributed by atoms with van der Waals surface area (Å²) in [5.74, 6) is -0.701. The Morgan fingerprint density at radius 2 is 1.77 bits per heavy atom. The molecular weight excluding hydrogens is 379 g/mol. The number of carbonyl (C=O) groups is 1. The van der Waals surface area contributed by atoms with Gasteiger partial charge in [0.25, 0.3) is 5.91 Å². The van der Waals surface area contributed by atoms with Gasteiger partial charge in [0.2, 0.25) is 0 Å². The first-order valence-electron chi connectivity index (χ1n) is 7.19. The number of aromatic nitrogens is 1. The highest BCUT2D eigenvalue weighted by Gasteiger charge is 2.18. The zero-order valence-corrected chi connectivity index (χ0v) is 14.7. The van der Waals surface area contributed by atoms with Crippen molar-refractivity contribution >= 4 is 35.3 Å². The molecule has 0 aliphatic carbocycles. The number of hydrogen-bond donors (Lipinski definition) is 5. The van der Waals surface area contributed by atoms with Gasteiger partial charge in [-0.05, 0) is 36.4 Å². The van der Waals surface area contributed by atoms with Gasteiger partial charge in [-0.1, -0.05) is 0 Å². The first kappa shape index (κ1) is 18.1. The fraction of sp³-hybridized carbons (Fsp3) is 0. The van der Waals surface area contributed by atoms with Gasteiger partial charge in [0.05, 0.1) is 11.0 Å². The summed E-state index contributed by atoms with van der Waals surface area (Å²) in [6, 6.07) is 9.11. The largest absolute Gasteiger partial charge is 0.508 e.